The van der Waals surface area contributed by atoms with Crippen LogP contribution in [0, 0.1) is 5.82 Å². The molecule has 1 aliphatic rings. The van der Waals surface area contributed by atoms with E-state index in [1.54, 1.807) is 23.9 Å². The molecule has 1 aromatic carbocycles. The Balaban J connectivity index is 1.61. The van der Waals surface area contributed by atoms with Gasteiger partial charge in [-0.25, -0.2) is 4.39 Å². The standard InChI is InChI=1S/C14H13FN4OS3/c1-8(22-14-16-6-7-21-14)11(20)17-13-19-18-12(23-13)9-2-4-10(15)5-3-9/h2-5,8H,6-7H2,1H3,(H,17,19,20)/t8-/m0/s1. The molecule has 0 saturated heterocycles. The summed E-state index contributed by atoms with van der Waals surface area (Å²) in [5.74, 6) is 0.547. The van der Waals surface area contributed by atoms with E-state index < -0.39 is 0 Å². The number of aliphatic imine (C=N–C) groups is 1. The summed E-state index contributed by atoms with van der Waals surface area (Å²) in [6.07, 6.45) is 0. The first-order chi connectivity index (χ1) is 11.1. The van der Waals surface area contributed by atoms with Crippen molar-refractivity contribution < 1.29 is 9.18 Å². The van der Waals surface area contributed by atoms with E-state index in [0.717, 1.165) is 22.2 Å². The maximum Gasteiger partial charge on any atom is 0.239 e. The lowest BCUT2D eigenvalue weighted by Gasteiger charge is -2.09. The van der Waals surface area contributed by atoms with Crippen LogP contribution >= 0.6 is 34.9 Å². The van der Waals surface area contributed by atoms with Crippen LogP contribution in [0.15, 0.2) is 29.3 Å². The van der Waals surface area contributed by atoms with Gasteiger partial charge in [0.05, 0.1) is 11.8 Å². The number of nitrogens with zero attached hydrogens (tertiary/aromatic N) is 3. The third-order valence-electron chi connectivity index (χ3n) is 2.95. The lowest BCUT2D eigenvalue weighted by atomic mass is 10.2. The van der Waals surface area contributed by atoms with E-state index in [9.17, 15) is 9.18 Å². The van der Waals surface area contributed by atoms with Gasteiger partial charge in [-0.05, 0) is 31.2 Å². The van der Waals surface area contributed by atoms with Crippen LogP contribution in [0.4, 0.5) is 9.52 Å². The third kappa shape index (κ3) is 4.30. The summed E-state index contributed by atoms with van der Waals surface area (Å²) in [5.41, 5.74) is 0.767. The van der Waals surface area contributed by atoms with Crippen LogP contribution in [-0.4, -0.2) is 38.0 Å². The fourth-order valence-electron chi connectivity index (χ4n) is 1.78. The highest BCUT2D eigenvalue weighted by Crippen LogP contribution is 2.29. The zero-order valence-corrected chi connectivity index (χ0v) is 14.6. The number of carbonyl (C=O) groups excluding carboxylic acids is 1. The zero-order chi connectivity index (χ0) is 16.2. The van der Waals surface area contributed by atoms with Crippen molar-refractivity contribution in [2.45, 2.75) is 12.2 Å². The number of nitrogens with one attached hydrogen (secondary N) is 1. The normalized spacial score (nSPS) is 15.3. The summed E-state index contributed by atoms with van der Waals surface area (Å²) in [7, 11) is 0. The third-order valence-corrected chi connectivity index (χ3v) is 6.14. The second-order valence-corrected chi connectivity index (χ2v) is 8.31. The largest absolute Gasteiger partial charge is 0.300 e. The highest BCUT2D eigenvalue weighted by molar-refractivity contribution is 8.39. The van der Waals surface area contributed by atoms with Crippen LogP contribution in [0.5, 0.6) is 0 Å². The number of rotatable bonds is 4. The van der Waals surface area contributed by atoms with Crippen molar-refractivity contribution in [2.24, 2.45) is 4.99 Å². The molecule has 23 heavy (non-hydrogen) atoms. The van der Waals surface area contributed by atoms with E-state index in [2.05, 4.69) is 20.5 Å². The minimum Gasteiger partial charge on any atom is -0.300 e. The van der Waals surface area contributed by atoms with Crippen LogP contribution in [0.1, 0.15) is 6.92 Å². The van der Waals surface area contributed by atoms with Gasteiger partial charge < -0.3 is 0 Å². The molecule has 0 unspecified atom stereocenters. The van der Waals surface area contributed by atoms with Gasteiger partial charge in [-0.15, -0.1) is 10.2 Å². The second-order valence-electron chi connectivity index (χ2n) is 4.66. The summed E-state index contributed by atoms with van der Waals surface area (Å²) in [6.45, 7) is 2.65. The van der Waals surface area contributed by atoms with Crippen LogP contribution in [0.2, 0.25) is 0 Å². The number of thioether (sulfide) groups is 2. The highest BCUT2D eigenvalue weighted by Gasteiger charge is 2.20. The predicted octanol–water partition coefficient (Wildman–Crippen LogP) is 3.51. The first-order valence-electron chi connectivity index (χ1n) is 6.86. The molecule has 1 aliphatic heterocycles. The molecule has 3 rings (SSSR count). The summed E-state index contributed by atoms with van der Waals surface area (Å²) in [5, 5.41) is 11.6. The fraction of sp³-hybridized carbons (Fsp3) is 0.286. The Labute approximate surface area is 145 Å². The van der Waals surface area contributed by atoms with Crippen molar-refractivity contribution in [3.8, 4) is 10.6 Å². The van der Waals surface area contributed by atoms with Gasteiger partial charge in [-0.2, -0.15) is 0 Å². The van der Waals surface area contributed by atoms with E-state index in [1.165, 1.54) is 35.2 Å². The average molecular weight is 368 g/mol. The molecule has 0 fully saturated rings. The number of carbonyl (C=O) groups is 1. The monoisotopic (exact) mass is 368 g/mol. The Bertz CT molecular complexity index is 732. The predicted molar refractivity (Wildman–Crippen MR) is 95.7 cm³/mol. The van der Waals surface area contributed by atoms with Crippen molar-refractivity contribution in [1.82, 2.24) is 10.2 Å². The van der Waals surface area contributed by atoms with E-state index >= 15 is 0 Å². The zero-order valence-electron chi connectivity index (χ0n) is 12.2. The van der Waals surface area contributed by atoms with Gasteiger partial charge in [-0.1, -0.05) is 34.9 Å². The van der Waals surface area contributed by atoms with Crippen LogP contribution in [-0.2, 0) is 4.79 Å². The van der Waals surface area contributed by atoms with Gasteiger partial charge in [0, 0.05) is 11.3 Å². The van der Waals surface area contributed by atoms with E-state index in [1.807, 2.05) is 6.92 Å². The fourth-order valence-corrected chi connectivity index (χ4v) is 4.66. The van der Waals surface area contributed by atoms with Gasteiger partial charge in [0.2, 0.25) is 11.0 Å². The first kappa shape index (κ1) is 16.4. The Morgan fingerprint density at radius 2 is 2.13 bits per heavy atom. The number of hydrogen-bond donors (Lipinski definition) is 1. The maximum atomic E-state index is 12.9. The summed E-state index contributed by atoms with van der Waals surface area (Å²) >= 11 is 4.39. The topological polar surface area (TPSA) is 67.2 Å². The number of anilines is 1. The quantitative estimate of drug-likeness (QED) is 0.894. The maximum absolute atomic E-state index is 12.9. The minimum absolute atomic E-state index is 0.132. The SMILES string of the molecule is C[C@H](SC1=NCCS1)C(=O)Nc1nnc(-c2ccc(F)cc2)s1. The van der Waals surface area contributed by atoms with E-state index in [0.29, 0.717) is 10.1 Å². The Morgan fingerprint density at radius 3 is 2.83 bits per heavy atom. The Hall–Kier alpha value is -1.45. The molecule has 1 aromatic heterocycles. The van der Waals surface area contributed by atoms with Crippen molar-refractivity contribution in [2.75, 3.05) is 17.6 Å². The molecule has 0 saturated carbocycles. The van der Waals surface area contributed by atoms with Gasteiger partial charge in [0.15, 0.2) is 0 Å². The van der Waals surface area contributed by atoms with Crippen molar-refractivity contribution in [3.63, 3.8) is 0 Å². The molecule has 2 aromatic rings. The summed E-state index contributed by atoms with van der Waals surface area (Å²) in [4.78, 5) is 16.5. The number of hydrogen-bond acceptors (Lipinski definition) is 7. The number of aromatic nitrogens is 2. The van der Waals surface area contributed by atoms with Crippen molar-refractivity contribution in [3.05, 3.63) is 30.1 Å². The molecule has 0 bridgehead atoms. The van der Waals surface area contributed by atoms with Gasteiger partial charge in [0.1, 0.15) is 15.2 Å². The molecule has 1 amide bonds. The first-order valence-corrected chi connectivity index (χ1v) is 9.54. The molecular weight excluding hydrogens is 355 g/mol. The van der Waals surface area contributed by atoms with Gasteiger partial charge in [-0.3, -0.25) is 15.1 Å². The Morgan fingerprint density at radius 1 is 1.35 bits per heavy atom. The smallest absolute Gasteiger partial charge is 0.239 e. The van der Waals surface area contributed by atoms with Crippen LogP contribution < -0.4 is 5.32 Å². The second kappa shape index (κ2) is 7.41. The number of halogens is 1. The molecule has 9 heteroatoms. The number of amides is 1. The van der Waals surface area contributed by atoms with Gasteiger partial charge in [0.25, 0.3) is 0 Å². The minimum atomic E-state index is -0.301. The molecule has 5 nitrogen and oxygen atoms in total. The lowest BCUT2D eigenvalue weighted by molar-refractivity contribution is -0.115. The summed E-state index contributed by atoms with van der Waals surface area (Å²) < 4.78 is 13.9. The average Bonchev–Trinajstić information content (AvgIpc) is 3.20. The molecule has 1 atom stereocenters. The highest BCUT2D eigenvalue weighted by atomic mass is 32.2. The number of benzene rings is 1. The molecule has 0 radical (unpaired) electrons. The van der Waals surface area contributed by atoms with E-state index in [-0.39, 0.29) is 17.0 Å². The van der Waals surface area contributed by atoms with Crippen molar-refractivity contribution in [1.29, 1.82) is 0 Å². The van der Waals surface area contributed by atoms with Crippen LogP contribution in [0.25, 0.3) is 10.6 Å². The van der Waals surface area contributed by atoms with Crippen molar-refractivity contribution >= 4 is 50.3 Å². The molecule has 2 heterocycles. The molecule has 120 valence electrons. The molecule has 0 spiro atoms. The van der Waals surface area contributed by atoms with Crippen LogP contribution in [0.3, 0.4) is 0 Å². The van der Waals surface area contributed by atoms with E-state index in [4.69, 9.17) is 0 Å². The molecule has 0 aliphatic carbocycles. The Kier molecular flexibility index (Phi) is 5.29. The van der Waals surface area contributed by atoms with Gasteiger partial charge >= 0.3 is 0 Å². The summed E-state index contributed by atoms with van der Waals surface area (Å²) in [6, 6.07) is 6.01. The molecule has 1 N–H and O–H groups in total. The lowest BCUT2D eigenvalue weighted by Crippen LogP contribution is -2.23. The molecular formula is C14H13FN4OS3.